The summed E-state index contributed by atoms with van der Waals surface area (Å²) in [6, 6.07) is 7.91. The van der Waals surface area contributed by atoms with Crippen molar-refractivity contribution in [3.8, 4) is 11.5 Å². The van der Waals surface area contributed by atoms with Crippen molar-refractivity contribution in [2.45, 2.75) is 6.92 Å². The Bertz CT molecular complexity index is 539. The van der Waals surface area contributed by atoms with Crippen molar-refractivity contribution in [3.05, 3.63) is 35.9 Å². The number of ketones is 1. The molecule has 0 bridgehead atoms. The molecule has 0 saturated carbocycles. The van der Waals surface area contributed by atoms with E-state index in [0.717, 1.165) is 5.39 Å². The summed E-state index contributed by atoms with van der Waals surface area (Å²) in [6.07, 6.45) is 0. The molecule has 2 aromatic rings. The topological polar surface area (TPSA) is 57.5 Å². The van der Waals surface area contributed by atoms with Crippen LogP contribution in [0.3, 0.4) is 0 Å². The van der Waals surface area contributed by atoms with Crippen molar-refractivity contribution in [2.75, 3.05) is 0 Å². The van der Waals surface area contributed by atoms with Gasteiger partial charge in [-0.1, -0.05) is 12.1 Å². The highest BCUT2D eigenvalue weighted by Crippen LogP contribution is 2.29. The zero-order valence-corrected chi connectivity index (χ0v) is 8.19. The van der Waals surface area contributed by atoms with Crippen molar-refractivity contribution in [1.29, 1.82) is 0 Å². The van der Waals surface area contributed by atoms with Crippen LogP contribution >= 0.6 is 0 Å². The van der Waals surface area contributed by atoms with E-state index < -0.39 is 0 Å². The van der Waals surface area contributed by atoms with Crippen molar-refractivity contribution < 1.29 is 15.0 Å². The van der Waals surface area contributed by atoms with Gasteiger partial charge in [0.15, 0.2) is 5.78 Å². The fraction of sp³-hybridized carbons (Fsp3) is 0.0833. The van der Waals surface area contributed by atoms with Crippen molar-refractivity contribution >= 4 is 16.6 Å². The molecule has 2 N–H and O–H groups in total. The van der Waals surface area contributed by atoms with E-state index in [1.807, 2.05) is 0 Å². The second-order valence-electron chi connectivity index (χ2n) is 3.42. The molecule has 0 aromatic heterocycles. The smallest absolute Gasteiger partial charge is 0.164 e. The Morgan fingerprint density at radius 2 is 1.80 bits per heavy atom. The molecule has 0 heterocycles. The first-order valence-corrected chi connectivity index (χ1v) is 4.55. The van der Waals surface area contributed by atoms with Crippen LogP contribution in [0.1, 0.15) is 17.3 Å². The average molecular weight is 202 g/mol. The molecule has 0 radical (unpaired) electrons. The summed E-state index contributed by atoms with van der Waals surface area (Å²) in [5, 5.41) is 20.3. The summed E-state index contributed by atoms with van der Waals surface area (Å²) in [4.78, 5) is 11.3. The number of phenols is 2. The maximum Gasteiger partial charge on any atom is 0.164 e. The number of carbonyl (C=O) groups excluding carboxylic acids is 1. The summed E-state index contributed by atoms with van der Waals surface area (Å²) in [7, 11) is 0. The number of hydrogen-bond acceptors (Lipinski definition) is 3. The van der Waals surface area contributed by atoms with Crippen LogP contribution in [-0.2, 0) is 0 Å². The number of rotatable bonds is 1. The van der Waals surface area contributed by atoms with Gasteiger partial charge >= 0.3 is 0 Å². The minimum atomic E-state index is -0.219. The minimum Gasteiger partial charge on any atom is -0.508 e. The number of aromatic hydroxyl groups is 2. The molecule has 0 atom stereocenters. The molecule has 0 aliphatic carbocycles. The third-order valence-corrected chi connectivity index (χ3v) is 2.34. The zero-order valence-electron chi connectivity index (χ0n) is 8.19. The van der Waals surface area contributed by atoms with Gasteiger partial charge in [-0.2, -0.15) is 0 Å². The quantitative estimate of drug-likeness (QED) is 0.698. The van der Waals surface area contributed by atoms with Gasteiger partial charge in [-0.15, -0.1) is 0 Å². The van der Waals surface area contributed by atoms with Crippen LogP contribution in [0.5, 0.6) is 11.5 Å². The van der Waals surface area contributed by atoms with E-state index in [1.54, 1.807) is 18.2 Å². The first-order chi connectivity index (χ1) is 7.09. The Morgan fingerprint density at radius 1 is 1.13 bits per heavy atom. The Balaban J connectivity index is 2.90. The zero-order chi connectivity index (χ0) is 11.0. The molecule has 0 amide bonds. The average Bonchev–Trinajstić information content (AvgIpc) is 2.16. The van der Waals surface area contributed by atoms with Crippen LogP contribution in [0.25, 0.3) is 10.8 Å². The monoisotopic (exact) mass is 202 g/mol. The molecule has 3 nitrogen and oxygen atoms in total. The lowest BCUT2D eigenvalue weighted by atomic mass is 10.0. The number of Topliss-reactive ketones (excluding diaryl/α,β-unsaturated/α-hetero) is 1. The third-order valence-electron chi connectivity index (χ3n) is 2.34. The van der Waals surface area contributed by atoms with Crippen LogP contribution in [0.4, 0.5) is 0 Å². The molecule has 0 saturated heterocycles. The second kappa shape index (κ2) is 3.28. The minimum absolute atomic E-state index is 0.0550. The molecule has 3 heteroatoms. The maximum atomic E-state index is 11.3. The third kappa shape index (κ3) is 1.52. The number of carbonyl (C=O) groups is 1. The largest absolute Gasteiger partial charge is 0.508 e. The molecular formula is C12H10O3. The van der Waals surface area contributed by atoms with E-state index in [0.29, 0.717) is 5.39 Å². The fourth-order valence-corrected chi connectivity index (χ4v) is 1.67. The van der Waals surface area contributed by atoms with E-state index in [2.05, 4.69) is 0 Å². The number of benzene rings is 2. The van der Waals surface area contributed by atoms with E-state index in [1.165, 1.54) is 19.1 Å². The molecule has 2 aromatic carbocycles. The van der Waals surface area contributed by atoms with E-state index in [9.17, 15) is 15.0 Å². The van der Waals surface area contributed by atoms with Crippen LogP contribution in [0.15, 0.2) is 30.3 Å². The molecule has 0 spiro atoms. The summed E-state index contributed by atoms with van der Waals surface area (Å²) < 4.78 is 0. The molecule has 0 fully saturated rings. The Labute approximate surface area is 86.6 Å². The van der Waals surface area contributed by atoms with Crippen molar-refractivity contribution in [3.63, 3.8) is 0 Å². The van der Waals surface area contributed by atoms with Gasteiger partial charge in [0.25, 0.3) is 0 Å². The normalized spacial score (nSPS) is 10.5. The summed E-state index contributed by atoms with van der Waals surface area (Å²) in [5.74, 6) is -0.195. The Morgan fingerprint density at radius 3 is 2.47 bits per heavy atom. The predicted molar refractivity (Wildman–Crippen MR) is 57.3 cm³/mol. The molecule has 0 aliphatic rings. The lowest BCUT2D eigenvalue weighted by molar-refractivity contribution is 0.101. The van der Waals surface area contributed by atoms with Gasteiger partial charge in [0, 0.05) is 0 Å². The maximum absolute atomic E-state index is 11.3. The lowest BCUT2D eigenvalue weighted by Gasteiger charge is -2.06. The van der Waals surface area contributed by atoms with Crippen molar-refractivity contribution in [1.82, 2.24) is 0 Å². The van der Waals surface area contributed by atoms with Crippen LogP contribution < -0.4 is 0 Å². The van der Waals surface area contributed by atoms with Gasteiger partial charge in [0.1, 0.15) is 11.5 Å². The summed E-state index contributed by atoms with van der Waals surface area (Å²) >= 11 is 0. The molecular weight excluding hydrogens is 192 g/mol. The van der Waals surface area contributed by atoms with Gasteiger partial charge in [0.05, 0.1) is 5.56 Å². The molecule has 76 valence electrons. The standard InChI is InChI=1S/C12H10O3/c1-7(13)12-10-6-9(14)4-2-8(10)3-5-11(12)15/h2-6,14-15H,1H3. The number of phenolic OH excluding ortho intramolecular Hbond substituents is 2. The van der Waals surface area contributed by atoms with Crippen LogP contribution in [0, 0.1) is 0 Å². The van der Waals surface area contributed by atoms with Crippen LogP contribution in [-0.4, -0.2) is 16.0 Å². The molecule has 0 unspecified atom stereocenters. The van der Waals surface area contributed by atoms with Crippen molar-refractivity contribution in [2.24, 2.45) is 0 Å². The van der Waals surface area contributed by atoms with Gasteiger partial charge in [-0.25, -0.2) is 0 Å². The summed E-state index contributed by atoms with van der Waals surface area (Å²) in [5.41, 5.74) is 0.253. The van der Waals surface area contributed by atoms with E-state index in [-0.39, 0.29) is 22.8 Å². The second-order valence-corrected chi connectivity index (χ2v) is 3.42. The highest BCUT2D eigenvalue weighted by Gasteiger charge is 2.11. The van der Waals surface area contributed by atoms with E-state index >= 15 is 0 Å². The van der Waals surface area contributed by atoms with Crippen LogP contribution in [0.2, 0.25) is 0 Å². The Kier molecular flexibility index (Phi) is 2.08. The Hall–Kier alpha value is -2.03. The van der Waals surface area contributed by atoms with Gasteiger partial charge < -0.3 is 10.2 Å². The predicted octanol–water partition coefficient (Wildman–Crippen LogP) is 2.45. The van der Waals surface area contributed by atoms with E-state index in [4.69, 9.17) is 0 Å². The number of hydrogen-bond donors (Lipinski definition) is 2. The highest BCUT2D eigenvalue weighted by molar-refractivity contribution is 6.09. The SMILES string of the molecule is CC(=O)c1c(O)ccc2ccc(O)cc12. The highest BCUT2D eigenvalue weighted by atomic mass is 16.3. The molecule has 0 aliphatic heterocycles. The van der Waals surface area contributed by atoms with Gasteiger partial charge in [-0.05, 0) is 35.9 Å². The summed E-state index contributed by atoms with van der Waals surface area (Å²) in [6.45, 7) is 1.39. The molecule has 2 rings (SSSR count). The lowest BCUT2D eigenvalue weighted by Crippen LogP contribution is -1.94. The molecule has 15 heavy (non-hydrogen) atoms. The van der Waals surface area contributed by atoms with Gasteiger partial charge in [0.2, 0.25) is 0 Å². The first-order valence-electron chi connectivity index (χ1n) is 4.55. The number of fused-ring (bicyclic) bond motifs is 1. The fourth-order valence-electron chi connectivity index (χ4n) is 1.67. The first kappa shape index (κ1) is 9.52. The van der Waals surface area contributed by atoms with Gasteiger partial charge in [-0.3, -0.25) is 4.79 Å².